The van der Waals surface area contributed by atoms with Crippen LogP contribution in [0.1, 0.15) is 59.8 Å². The third-order valence-corrected chi connectivity index (χ3v) is 5.92. The molecule has 4 rings (SSSR count). The van der Waals surface area contributed by atoms with Crippen molar-refractivity contribution < 1.29 is 14.3 Å². The second kappa shape index (κ2) is 8.56. The lowest BCUT2D eigenvalue weighted by molar-refractivity contribution is 0.0697. The molecule has 0 bridgehead atoms. The minimum absolute atomic E-state index is 0.146. The van der Waals surface area contributed by atoms with E-state index in [1.54, 1.807) is 12.1 Å². The number of carbonyl (C=O) groups is 1. The average molecular weight is 389 g/mol. The summed E-state index contributed by atoms with van der Waals surface area (Å²) < 4.78 is 6.14. The number of aromatic carboxylic acids is 1. The third-order valence-electron chi connectivity index (χ3n) is 5.92. The van der Waals surface area contributed by atoms with Crippen LogP contribution in [0.4, 0.5) is 5.69 Å². The molecule has 1 atom stereocenters. The summed E-state index contributed by atoms with van der Waals surface area (Å²) in [6, 6.07) is 19.5. The van der Waals surface area contributed by atoms with E-state index in [1.807, 2.05) is 37.3 Å². The molecule has 1 aliphatic rings. The van der Waals surface area contributed by atoms with Crippen molar-refractivity contribution in [2.45, 2.75) is 45.1 Å². The van der Waals surface area contributed by atoms with Gasteiger partial charge in [0.25, 0.3) is 0 Å². The molecule has 3 aromatic rings. The molecule has 1 aromatic heterocycles. The zero-order chi connectivity index (χ0) is 20.2. The van der Waals surface area contributed by atoms with Gasteiger partial charge in [0, 0.05) is 16.8 Å². The van der Waals surface area contributed by atoms with Crippen LogP contribution in [-0.2, 0) is 0 Å². The second-order valence-electron chi connectivity index (χ2n) is 7.89. The Morgan fingerprint density at radius 3 is 2.38 bits per heavy atom. The predicted molar refractivity (Wildman–Crippen MR) is 115 cm³/mol. The first-order valence-corrected chi connectivity index (χ1v) is 10.4. The van der Waals surface area contributed by atoms with E-state index in [0.29, 0.717) is 11.5 Å². The van der Waals surface area contributed by atoms with Crippen molar-refractivity contribution in [3.8, 4) is 11.3 Å². The summed E-state index contributed by atoms with van der Waals surface area (Å²) in [7, 11) is 0. The van der Waals surface area contributed by atoms with Crippen LogP contribution in [0.15, 0.2) is 65.1 Å². The van der Waals surface area contributed by atoms with Gasteiger partial charge < -0.3 is 14.8 Å². The van der Waals surface area contributed by atoms with Crippen LogP contribution in [0.25, 0.3) is 11.3 Å². The first kappa shape index (κ1) is 19.3. The molecule has 1 heterocycles. The summed E-state index contributed by atoms with van der Waals surface area (Å²) in [5.74, 6) is 1.46. The molecule has 0 aliphatic heterocycles. The summed E-state index contributed by atoms with van der Waals surface area (Å²) in [6.45, 7) is 2.03. The number of furan rings is 1. The molecule has 4 heteroatoms. The number of carboxylic acid groups (broad SMARTS) is 1. The van der Waals surface area contributed by atoms with Crippen LogP contribution in [0, 0.1) is 12.8 Å². The molecule has 0 spiro atoms. The number of benzene rings is 2. The van der Waals surface area contributed by atoms with Gasteiger partial charge in [-0.15, -0.1) is 0 Å². The highest BCUT2D eigenvalue weighted by molar-refractivity contribution is 5.88. The molecule has 0 radical (unpaired) electrons. The molecule has 0 saturated heterocycles. The Labute approximate surface area is 171 Å². The number of anilines is 1. The molecule has 2 aromatic carbocycles. The van der Waals surface area contributed by atoms with E-state index >= 15 is 0 Å². The van der Waals surface area contributed by atoms with Gasteiger partial charge in [-0.3, -0.25) is 0 Å². The van der Waals surface area contributed by atoms with Gasteiger partial charge in [0.2, 0.25) is 0 Å². The lowest BCUT2D eigenvalue weighted by Gasteiger charge is -2.31. The highest BCUT2D eigenvalue weighted by Crippen LogP contribution is 2.40. The van der Waals surface area contributed by atoms with Gasteiger partial charge in [-0.2, -0.15) is 0 Å². The highest BCUT2D eigenvalue weighted by atomic mass is 16.4. The monoisotopic (exact) mass is 389 g/mol. The second-order valence-corrected chi connectivity index (χ2v) is 7.89. The number of hydrogen-bond acceptors (Lipinski definition) is 3. The summed E-state index contributed by atoms with van der Waals surface area (Å²) >= 11 is 0. The number of aryl methyl sites for hydroxylation is 1. The Hall–Kier alpha value is -3.01. The standard InChI is InChI=1S/C25H27NO3/c1-17-22(16-23(29-17)18-8-4-2-5-9-18)24(19-10-6-3-7-11-19)26-21-14-12-20(13-15-21)25(27)28/h2,4-5,8-9,12-16,19,24,26H,3,6-7,10-11H2,1H3,(H,27,28). The molecule has 1 unspecified atom stereocenters. The van der Waals surface area contributed by atoms with Crippen LogP contribution >= 0.6 is 0 Å². The van der Waals surface area contributed by atoms with Crippen molar-refractivity contribution in [1.29, 1.82) is 0 Å². The minimum Gasteiger partial charge on any atom is -0.478 e. The van der Waals surface area contributed by atoms with Crippen molar-refractivity contribution in [3.63, 3.8) is 0 Å². The van der Waals surface area contributed by atoms with E-state index in [0.717, 1.165) is 22.8 Å². The maximum Gasteiger partial charge on any atom is 0.335 e. The fourth-order valence-corrected chi connectivity index (χ4v) is 4.36. The predicted octanol–water partition coefficient (Wildman–Crippen LogP) is 6.69. The van der Waals surface area contributed by atoms with E-state index < -0.39 is 5.97 Å². The van der Waals surface area contributed by atoms with E-state index in [1.165, 1.54) is 37.7 Å². The zero-order valence-electron chi connectivity index (χ0n) is 16.7. The van der Waals surface area contributed by atoms with Gasteiger partial charge in [0.15, 0.2) is 0 Å². The van der Waals surface area contributed by atoms with Crippen molar-refractivity contribution in [2.75, 3.05) is 5.32 Å². The molecular weight excluding hydrogens is 362 g/mol. The molecular formula is C25H27NO3. The van der Waals surface area contributed by atoms with Crippen molar-refractivity contribution in [1.82, 2.24) is 0 Å². The van der Waals surface area contributed by atoms with Gasteiger partial charge in [0.1, 0.15) is 11.5 Å². The summed E-state index contributed by atoms with van der Waals surface area (Å²) in [6.07, 6.45) is 6.19. The summed E-state index contributed by atoms with van der Waals surface area (Å²) in [5, 5.41) is 12.8. The van der Waals surface area contributed by atoms with Gasteiger partial charge in [-0.25, -0.2) is 4.79 Å². The summed E-state index contributed by atoms with van der Waals surface area (Å²) in [4.78, 5) is 11.2. The first-order valence-electron chi connectivity index (χ1n) is 10.4. The van der Waals surface area contributed by atoms with Crippen LogP contribution in [0.5, 0.6) is 0 Å². The van der Waals surface area contributed by atoms with Crippen LogP contribution in [0.2, 0.25) is 0 Å². The Bertz CT molecular complexity index is 953. The van der Waals surface area contributed by atoms with E-state index in [9.17, 15) is 4.79 Å². The van der Waals surface area contributed by atoms with E-state index in [4.69, 9.17) is 9.52 Å². The Balaban J connectivity index is 1.65. The number of rotatable bonds is 6. The van der Waals surface area contributed by atoms with E-state index in [2.05, 4.69) is 23.5 Å². The van der Waals surface area contributed by atoms with Gasteiger partial charge in [-0.1, -0.05) is 49.6 Å². The summed E-state index contributed by atoms with van der Waals surface area (Å²) in [5.41, 5.74) is 3.51. The largest absolute Gasteiger partial charge is 0.478 e. The quantitative estimate of drug-likeness (QED) is 0.493. The molecule has 150 valence electrons. The maximum absolute atomic E-state index is 11.2. The Morgan fingerprint density at radius 1 is 1.03 bits per heavy atom. The van der Waals surface area contributed by atoms with Gasteiger partial charge >= 0.3 is 5.97 Å². The van der Waals surface area contributed by atoms with Crippen LogP contribution in [0.3, 0.4) is 0 Å². The van der Waals surface area contributed by atoms with Crippen LogP contribution < -0.4 is 5.32 Å². The van der Waals surface area contributed by atoms with Crippen LogP contribution in [-0.4, -0.2) is 11.1 Å². The molecule has 4 nitrogen and oxygen atoms in total. The lowest BCUT2D eigenvalue weighted by Crippen LogP contribution is -2.23. The fourth-order valence-electron chi connectivity index (χ4n) is 4.36. The smallest absolute Gasteiger partial charge is 0.335 e. The molecule has 1 fully saturated rings. The Morgan fingerprint density at radius 2 is 1.72 bits per heavy atom. The molecule has 2 N–H and O–H groups in total. The number of hydrogen-bond donors (Lipinski definition) is 2. The SMILES string of the molecule is Cc1oc(-c2ccccc2)cc1C(Nc1ccc(C(=O)O)cc1)C1CCCCC1. The molecule has 1 saturated carbocycles. The molecule has 29 heavy (non-hydrogen) atoms. The fraction of sp³-hybridized carbons (Fsp3) is 0.320. The van der Waals surface area contributed by atoms with E-state index in [-0.39, 0.29) is 6.04 Å². The lowest BCUT2D eigenvalue weighted by atomic mass is 9.81. The maximum atomic E-state index is 11.2. The van der Waals surface area contributed by atoms with Crippen molar-refractivity contribution >= 4 is 11.7 Å². The first-order chi connectivity index (χ1) is 14.1. The topological polar surface area (TPSA) is 62.5 Å². The van der Waals surface area contributed by atoms with Gasteiger partial charge in [-0.05, 0) is 56.0 Å². The molecule has 1 aliphatic carbocycles. The Kier molecular flexibility index (Phi) is 5.70. The average Bonchev–Trinajstić information content (AvgIpc) is 3.15. The molecule has 0 amide bonds. The number of carboxylic acids is 1. The minimum atomic E-state index is -0.904. The zero-order valence-corrected chi connectivity index (χ0v) is 16.7. The van der Waals surface area contributed by atoms with Crippen molar-refractivity contribution in [3.05, 3.63) is 77.6 Å². The normalized spacial score (nSPS) is 15.8. The number of nitrogens with one attached hydrogen (secondary N) is 1. The van der Waals surface area contributed by atoms with Crippen molar-refractivity contribution in [2.24, 2.45) is 5.92 Å². The highest BCUT2D eigenvalue weighted by Gasteiger charge is 2.28. The third kappa shape index (κ3) is 4.37. The van der Waals surface area contributed by atoms with Gasteiger partial charge in [0.05, 0.1) is 11.6 Å².